The molecule has 2 aliphatic rings. The molecule has 0 spiro atoms. The highest BCUT2D eigenvalue weighted by Crippen LogP contribution is 2.25. The SMILES string of the molecule is CC(C)C1NC(C)N(C2CCCS(=O)(=O)C2)C1=O. The quantitative estimate of drug-likeness (QED) is 0.790. The molecule has 6 heteroatoms. The molecule has 2 aliphatic heterocycles. The summed E-state index contributed by atoms with van der Waals surface area (Å²) >= 11 is 0. The van der Waals surface area contributed by atoms with E-state index in [1.54, 1.807) is 4.90 Å². The number of sulfone groups is 1. The van der Waals surface area contributed by atoms with E-state index in [9.17, 15) is 13.2 Å². The van der Waals surface area contributed by atoms with Crippen LogP contribution in [0.1, 0.15) is 33.6 Å². The van der Waals surface area contributed by atoms with Gasteiger partial charge in [0.2, 0.25) is 5.91 Å². The molecule has 104 valence electrons. The Morgan fingerprint density at radius 1 is 1.39 bits per heavy atom. The predicted molar refractivity (Wildman–Crippen MR) is 69.7 cm³/mol. The smallest absolute Gasteiger partial charge is 0.241 e. The van der Waals surface area contributed by atoms with Crippen LogP contribution in [0.15, 0.2) is 0 Å². The van der Waals surface area contributed by atoms with Gasteiger partial charge in [-0.15, -0.1) is 0 Å². The van der Waals surface area contributed by atoms with Gasteiger partial charge in [-0.25, -0.2) is 8.42 Å². The lowest BCUT2D eigenvalue weighted by molar-refractivity contribution is -0.132. The third-order valence-electron chi connectivity index (χ3n) is 3.86. The topological polar surface area (TPSA) is 66.5 Å². The molecule has 0 aliphatic carbocycles. The molecule has 3 unspecified atom stereocenters. The maximum Gasteiger partial charge on any atom is 0.241 e. The maximum absolute atomic E-state index is 12.3. The van der Waals surface area contributed by atoms with Gasteiger partial charge in [0.15, 0.2) is 9.84 Å². The van der Waals surface area contributed by atoms with Crippen LogP contribution in [0, 0.1) is 5.92 Å². The van der Waals surface area contributed by atoms with E-state index in [4.69, 9.17) is 0 Å². The summed E-state index contributed by atoms with van der Waals surface area (Å²) in [5.41, 5.74) is 0. The van der Waals surface area contributed by atoms with Gasteiger partial charge >= 0.3 is 0 Å². The fraction of sp³-hybridized carbons (Fsp3) is 0.917. The van der Waals surface area contributed by atoms with Crippen LogP contribution < -0.4 is 5.32 Å². The monoisotopic (exact) mass is 274 g/mol. The molecule has 2 rings (SSSR count). The van der Waals surface area contributed by atoms with Crippen molar-refractivity contribution in [1.29, 1.82) is 0 Å². The second kappa shape index (κ2) is 4.81. The minimum atomic E-state index is -2.98. The molecule has 0 bridgehead atoms. The van der Waals surface area contributed by atoms with E-state index in [0.717, 1.165) is 6.42 Å². The number of hydrogen-bond acceptors (Lipinski definition) is 4. The normalized spacial score (nSPS) is 36.3. The number of carbonyl (C=O) groups excluding carboxylic acids is 1. The Kier molecular flexibility index (Phi) is 3.69. The average molecular weight is 274 g/mol. The molecule has 2 fully saturated rings. The minimum Gasteiger partial charge on any atom is -0.322 e. The molecular formula is C12H22N2O3S. The summed E-state index contributed by atoms with van der Waals surface area (Å²) < 4.78 is 23.4. The Balaban J connectivity index is 2.16. The van der Waals surface area contributed by atoms with Crippen molar-refractivity contribution >= 4 is 15.7 Å². The van der Waals surface area contributed by atoms with Gasteiger partial charge in [0, 0.05) is 6.04 Å². The number of nitrogens with zero attached hydrogens (tertiary/aromatic N) is 1. The van der Waals surface area contributed by atoms with Crippen molar-refractivity contribution in [2.75, 3.05) is 11.5 Å². The second-order valence-corrected chi connectivity index (χ2v) is 7.95. The molecule has 5 nitrogen and oxygen atoms in total. The Morgan fingerprint density at radius 2 is 2.06 bits per heavy atom. The van der Waals surface area contributed by atoms with Crippen molar-refractivity contribution < 1.29 is 13.2 Å². The van der Waals surface area contributed by atoms with Crippen molar-refractivity contribution in [1.82, 2.24) is 10.2 Å². The van der Waals surface area contributed by atoms with Gasteiger partial charge in [0.1, 0.15) is 0 Å². The first-order valence-corrected chi connectivity index (χ1v) is 8.42. The first kappa shape index (κ1) is 13.8. The molecule has 0 aromatic carbocycles. The molecule has 0 aromatic rings. The average Bonchev–Trinajstić information content (AvgIpc) is 2.53. The van der Waals surface area contributed by atoms with Gasteiger partial charge in [-0.1, -0.05) is 13.8 Å². The number of carbonyl (C=O) groups is 1. The zero-order chi connectivity index (χ0) is 13.5. The molecule has 3 atom stereocenters. The van der Waals surface area contributed by atoms with E-state index in [2.05, 4.69) is 5.32 Å². The van der Waals surface area contributed by atoms with Crippen LogP contribution in [-0.4, -0.2) is 49.0 Å². The summed E-state index contributed by atoms with van der Waals surface area (Å²) in [6.07, 6.45) is 1.39. The number of hydrogen-bond donors (Lipinski definition) is 1. The molecule has 0 aromatic heterocycles. The highest BCUT2D eigenvalue weighted by Gasteiger charge is 2.43. The summed E-state index contributed by atoms with van der Waals surface area (Å²) in [6, 6.07) is -0.327. The van der Waals surface area contributed by atoms with E-state index in [-0.39, 0.29) is 41.6 Å². The van der Waals surface area contributed by atoms with Crippen molar-refractivity contribution in [3.8, 4) is 0 Å². The van der Waals surface area contributed by atoms with Gasteiger partial charge in [0.25, 0.3) is 0 Å². The van der Waals surface area contributed by atoms with E-state index >= 15 is 0 Å². The zero-order valence-electron chi connectivity index (χ0n) is 11.2. The molecular weight excluding hydrogens is 252 g/mol. The van der Waals surface area contributed by atoms with Crippen molar-refractivity contribution in [3.63, 3.8) is 0 Å². The van der Waals surface area contributed by atoms with Crippen LogP contribution in [0.3, 0.4) is 0 Å². The highest BCUT2D eigenvalue weighted by molar-refractivity contribution is 7.91. The van der Waals surface area contributed by atoms with Crippen molar-refractivity contribution in [2.24, 2.45) is 5.92 Å². The standard InChI is InChI=1S/C12H22N2O3S/c1-8(2)11-12(15)14(9(3)13-11)10-5-4-6-18(16,17)7-10/h8-11,13H,4-7H2,1-3H3. The molecule has 1 N–H and O–H groups in total. The highest BCUT2D eigenvalue weighted by atomic mass is 32.2. The fourth-order valence-electron chi connectivity index (χ4n) is 2.95. The lowest BCUT2D eigenvalue weighted by atomic mass is 10.0. The summed E-state index contributed by atoms with van der Waals surface area (Å²) in [6.45, 7) is 5.94. The first-order valence-electron chi connectivity index (χ1n) is 6.60. The van der Waals surface area contributed by atoms with Crippen molar-refractivity contribution in [2.45, 2.75) is 51.9 Å². The maximum atomic E-state index is 12.3. The number of nitrogens with one attached hydrogen (secondary N) is 1. The molecule has 1 amide bonds. The van der Waals surface area contributed by atoms with Crippen LogP contribution in [0.4, 0.5) is 0 Å². The summed E-state index contributed by atoms with van der Waals surface area (Å²) in [4.78, 5) is 14.1. The minimum absolute atomic E-state index is 0.0552. The van der Waals surface area contributed by atoms with E-state index in [0.29, 0.717) is 6.42 Å². The van der Waals surface area contributed by atoms with Gasteiger partial charge < -0.3 is 4.90 Å². The molecule has 18 heavy (non-hydrogen) atoms. The third kappa shape index (κ3) is 2.54. The molecule has 2 heterocycles. The third-order valence-corrected chi connectivity index (χ3v) is 5.66. The lowest BCUT2D eigenvalue weighted by Crippen LogP contribution is -2.48. The van der Waals surface area contributed by atoms with E-state index in [1.807, 2.05) is 20.8 Å². The van der Waals surface area contributed by atoms with Crippen LogP contribution in [0.25, 0.3) is 0 Å². The van der Waals surface area contributed by atoms with Crippen LogP contribution >= 0.6 is 0 Å². The largest absolute Gasteiger partial charge is 0.322 e. The van der Waals surface area contributed by atoms with Crippen LogP contribution in [0.2, 0.25) is 0 Å². The van der Waals surface area contributed by atoms with E-state index in [1.165, 1.54) is 0 Å². The summed E-state index contributed by atoms with van der Waals surface area (Å²) in [5.74, 6) is 0.668. The summed E-state index contributed by atoms with van der Waals surface area (Å²) in [7, 11) is -2.98. The van der Waals surface area contributed by atoms with Crippen LogP contribution in [-0.2, 0) is 14.6 Å². The van der Waals surface area contributed by atoms with E-state index < -0.39 is 9.84 Å². The Morgan fingerprint density at radius 3 is 2.56 bits per heavy atom. The van der Waals surface area contributed by atoms with Crippen LogP contribution in [0.5, 0.6) is 0 Å². The lowest BCUT2D eigenvalue weighted by Gasteiger charge is -2.33. The fourth-order valence-corrected chi connectivity index (χ4v) is 4.64. The van der Waals surface area contributed by atoms with Gasteiger partial charge in [0.05, 0.1) is 23.7 Å². The van der Waals surface area contributed by atoms with Gasteiger partial charge in [-0.3, -0.25) is 10.1 Å². The molecule has 2 saturated heterocycles. The number of rotatable bonds is 2. The summed E-state index contributed by atoms with van der Waals surface area (Å²) in [5, 5.41) is 3.26. The Hall–Kier alpha value is -0.620. The van der Waals surface area contributed by atoms with Gasteiger partial charge in [-0.05, 0) is 25.7 Å². The zero-order valence-corrected chi connectivity index (χ0v) is 12.0. The predicted octanol–water partition coefficient (Wildman–Crippen LogP) is 0.366. The second-order valence-electron chi connectivity index (χ2n) is 5.72. The van der Waals surface area contributed by atoms with Gasteiger partial charge in [-0.2, -0.15) is 0 Å². The molecule has 0 saturated carbocycles. The van der Waals surface area contributed by atoms with Crippen molar-refractivity contribution in [3.05, 3.63) is 0 Å². The Bertz CT molecular complexity index is 433. The Labute approximate surface area is 109 Å². The first-order chi connectivity index (χ1) is 8.32. The molecule has 0 radical (unpaired) electrons. The number of amides is 1.